The zero-order valence-corrected chi connectivity index (χ0v) is 13.8. The fraction of sp³-hybridized carbons (Fsp3) is 0.300. The van der Waals surface area contributed by atoms with Crippen LogP contribution in [0, 0.1) is 0 Å². The topological polar surface area (TPSA) is 36.9 Å². The van der Waals surface area contributed by atoms with Crippen molar-refractivity contribution in [3.63, 3.8) is 0 Å². The summed E-state index contributed by atoms with van der Waals surface area (Å²) in [6.45, 7) is 2.51. The molecule has 1 atom stereocenters. The molecule has 0 saturated heterocycles. The van der Waals surface area contributed by atoms with Gasteiger partial charge in [-0.05, 0) is 42.8 Å². The van der Waals surface area contributed by atoms with Crippen molar-refractivity contribution in [1.29, 1.82) is 0 Å². The fourth-order valence-corrected chi connectivity index (χ4v) is 2.32. The minimum absolute atomic E-state index is 0.162. The van der Waals surface area contributed by atoms with E-state index in [-0.39, 0.29) is 6.29 Å². The zero-order valence-electron chi connectivity index (χ0n) is 13.8. The second-order valence-electron chi connectivity index (χ2n) is 5.59. The van der Waals surface area contributed by atoms with Crippen LogP contribution >= 0.6 is 0 Å². The Kier molecular flexibility index (Phi) is 5.61. The second-order valence-corrected chi connectivity index (χ2v) is 5.59. The lowest BCUT2D eigenvalue weighted by atomic mass is 10.2. The SMILES string of the molecule is CCCCC1OC=C(COc2ccc(Oc3ccccc3)cc2)O1. The van der Waals surface area contributed by atoms with Gasteiger partial charge in [0.1, 0.15) is 30.1 Å². The summed E-state index contributed by atoms with van der Waals surface area (Å²) in [5.41, 5.74) is 0. The van der Waals surface area contributed by atoms with Crippen molar-refractivity contribution in [3.8, 4) is 17.2 Å². The van der Waals surface area contributed by atoms with Crippen LogP contribution < -0.4 is 9.47 Å². The molecule has 0 bridgehead atoms. The molecule has 0 radical (unpaired) electrons. The summed E-state index contributed by atoms with van der Waals surface area (Å²) in [4.78, 5) is 0. The molecule has 1 aliphatic rings. The van der Waals surface area contributed by atoms with E-state index in [4.69, 9.17) is 18.9 Å². The maximum atomic E-state index is 5.75. The molecule has 0 N–H and O–H groups in total. The average molecular weight is 326 g/mol. The van der Waals surface area contributed by atoms with Gasteiger partial charge in [-0.2, -0.15) is 0 Å². The van der Waals surface area contributed by atoms with Crippen molar-refractivity contribution in [1.82, 2.24) is 0 Å². The van der Waals surface area contributed by atoms with Crippen LogP contribution in [0.3, 0.4) is 0 Å². The number of hydrogen-bond acceptors (Lipinski definition) is 4. The van der Waals surface area contributed by atoms with Crippen LogP contribution in [0.25, 0.3) is 0 Å². The molecule has 24 heavy (non-hydrogen) atoms. The number of benzene rings is 2. The van der Waals surface area contributed by atoms with E-state index >= 15 is 0 Å². The highest BCUT2D eigenvalue weighted by Gasteiger charge is 2.19. The Morgan fingerprint density at radius 3 is 2.38 bits per heavy atom. The maximum absolute atomic E-state index is 5.75. The van der Waals surface area contributed by atoms with Gasteiger partial charge in [0.25, 0.3) is 0 Å². The third kappa shape index (κ3) is 4.69. The third-order valence-electron chi connectivity index (χ3n) is 3.61. The summed E-state index contributed by atoms with van der Waals surface area (Å²) < 4.78 is 22.6. The number of rotatable bonds is 8. The molecule has 126 valence electrons. The van der Waals surface area contributed by atoms with Crippen molar-refractivity contribution < 1.29 is 18.9 Å². The Balaban J connectivity index is 1.45. The van der Waals surface area contributed by atoms with Crippen LogP contribution in [0.4, 0.5) is 0 Å². The van der Waals surface area contributed by atoms with Gasteiger partial charge in [0.2, 0.25) is 6.29 Å². The second kappa shape index (κ2) is 8.29. The van der Waals surface area contributed by atoms with Crippen LogP contribution in [-0.2, 0) is 9.47 Å². The van der Waals surface area contributed by atoms with Crippen molar-refractivity contribution in [3.05, 3.63) is 66.6 Å². The van der Waals surface area contributed by atoms with Crippen LogP contribution in [0.2, 0.25) is 0 Å². The Bertz CT molecular complexity index is 649. The highest BCUT2D eigenvalue weighted by Crippen LogP contribution is 2.24. The molecule has 0 fully saturated rings. The largest absolute Gasteiger partial charge is 0.486 e. The molecule has 0 aliphatic carbocycles. The molecule has 2 aromatic rings. The summed E-state index contributed by atoms with van der Waals surface area (Å²) in [6, 6.07) is 17.2. The predicted octanol–water partition coefficient (Wildman–Crippen LogP) is 5.26. The van der Waals surface area contributed by atoms with Gasteiger partial charge >= 0.3 is 0 Å². The maximum Gasteiger partial charge on any atom is 0.240 e. The summed E-state index contributed by atoms with van der Waals surface area (Å²) >= 11 is 0. The van der Waals surface area contributed by atoms with Gasteiger partial charge in [-0.15, -0.1) is 0 Å². The smallest absolute Gasteiger partial charge is 0.240 e. The molecular weight excluding hydrogens is 304 g/mol. The van der Waals surface area contributed by atoms with Gasteiger partial charge in [-0.25, -0.2) is 0 Å². The minimum atomic E-state index is -0.162. The van der Waals surface area contributed by atoms with Crippen LogP contribution in [0.15, 0.2) is 66.6 Å². The molecule has 1 heterocycles. The first-order valence-electron chi connectivity index (χ1n) is 8.30. The van der Waals surface area contributed by atoms with E-state index < -0.39 is 0 Å². The average Bonchev–Trinajstić information content (AvgIpc) is 3.08. The molecule has 3 rings (SSSR count). The van der Waals surface area contributed by atoms with E-state index in [1.165, 1.54) is 0 Å². The molecule has 0 amide bonds. The Morgan fingerprint density at radius 2 is 1.62 bits per heavy atom. The quantitative estimate of drug-likeness (QED) is 0.663. The lowest BCUT2D eigenvalue weighted by Crippen LogP contribution is -2.10. The predicted molar refractivity (Wildman–Crippen MR) is 92.0 cm³/mol. The third-order valence-corrected chi connectivity index (χ3v) is 3.61. The molecule has 4 heteroatoms. The first kappa shape index (κ1) is 16.2. The summed E-state index contributed by atoms with van der Waals surface area (Å²) in [7, 11) is 0. The van der Waals surface area contributed by atoms with Crippen molar-refractivity contribution in [2.24, 2.45) is 0 Å². The normalized spacial score (nSPS) is 16.0. The first-order valence-corrected chi connectivity index (χ1v) is 8.30. The van der Waals surface area contributed by atoms with Gasteiger partial charge in [0, 0.05) is 6.42 Å². The van der Waals surface area contributed by atoms with Crippen LogP contribution in [-0.4, -0.2) is 12.9 Å². The molecule has 0 spiro atoms. The number of unbranched alkanes of at least 4 members (excludes halogenated alkanes) is 1. The van der Waals surface area contributed by atoms with Crippen LogP contribution in [0.5, 0.6) is 17.2 Å². The molecule has 2 aromatic carbocycles. The Morgan fingerprint density at radius 1 is 0.917 bits per heavy atom. The van der Waals surface area contributed by atoms with Gasteiger partial charge in [-0.3, -0.25) is 0 Å². The summed E-state index contributed by atoms with van der Waals surface area (Å²) in [6.07, 6.45) is 4.61. The van der Waals surface area contributed by atoms with Gasteiger partial charge < -0.3 is 18.9 Å². The summed E-state index contributed by atoms with van der Waals surface area (Å²) in [5.74, 6) is 3.07. The van der Waals surface area contributed by atoms with E-state index in [0.29, 0.717) is 6.61 Å². The van der Waals surface area contributed by atoms with E-state index in [0.717, 1.165) is 42.3 Å². The molecular formula is C20H22O4. The van der Waals surface area contributed by atoms with Crippen molar-refractivity contribution in [2.45, 2.75) is 32.5 Å². The zero-order chi connectivity index (χ0) is 16.6. The lowest BCUT2D eigenvalue weighted by molar-refractivity contribution is -0.0422. The van der Waals surface area contributed by atoms with Crippen molar-refractivity contribution >= 4 is 0 Å². The molecule has 1 unspecified atom stereocenters. The monoisotopic (exact) mass is 326 g/mol. The lowest BCUT2D eigenvalue weighted by Gasteiger charge is -2.12. The number of para-hydroxylation sites is 1. The Labute approximate surface area is 142 Å². The standard InChI is InChI=1S/C20H22O4/c1-2-3-9-20-22-15-19(24-20)14-21-16-10-12-18(13-11-16)23-17-7-5-4-6-8-17/h4-8,10-13,15,20H,2-3,9,14H2,1H3. The fourth-order valence-electron chi connectivity index (χ4n) is 2.32. The van der Waals surface area contributed by atoms with E-state index in [9.17, 15) is 0 Å². The highest BCUT2D eigenvalue weighted by atomic mass is 16.7. The molecule has 4 nitrogen and oxygen atoms in total. The van der Waals surface area contributed by atoms with Gasteiger partial charge in [0.15, 0.2) is 5.76 Å². The first-order chi connectivity index (χ1) is 11.8. The minimum Gasteiger partial charge on any atom is -0.486 e. The molecule has 0 aromatic heterocycles. The van der Waals surface area contributed by atoms with Gasteiger partial charge in [0.05, 0.1) is 0 Å². The molecule has 1 aliphatic heterocycles. The molecule has 0 saturated carbocycles. The Hall–Kier alpha value is -2.62. The summed E-state index contributed by atoms with van der Waals surface area (Å²) in [5, 5.41) is 0. The highest BCUT2D eigenvalue weighted by molar-refractivity contribution is 5.35. The number of hydrogen-bond donors (Lipinski definition) is 0. The van der Waals surface area contributed by atoms with Crippen molar-refractivity contribution in [2.75, 3.05) is 6.61 Å². The van der Waals surface area contributed by atoms with E-state index in [1.54, 1.807) is 6.26 Å². The van der Waals surface area contributed by atoms with E-state index in [1.807, 2.05) is 54.6 Å². The number of ether oxygens (including phenoxy) is 4. The van der Waals surface area contributed by atoms with E-state index in [2.05, 4.69) is 6.92 Å². The van der Waals surface area contributed by atoms with Crippen LogP contribution in [0.1, 0.15) is 26.2 Å². The van der Waals surface area contributed by atoms with Gasteiger partial charge in [-0.1, -0.05) is 31.5 Å².